The lowest BCUT2D eigenvalue weighted by molar-refractivity contribution is -0.144. The lowest BCUT2D eigenvalue weighted by atomic mass is 10.1. The van der Waals surface area contributed by atoms with Crippen molar-refractivity contribution in [2.45, 2.75) is 50.0 Å². The molecule has 5 atom stereocenters. The first-order valence-electron chi connectivity index (χ1n) is 9.40. The van der Waals surface area contributed by atoms with Crippen molar-refractivity contribution in [2.24, 2.45) is 11.5 Å². The number of carboxylic acids is 1. The average Bonchev–Trinajstić information content (AvgIpc) is 3.22. The Balaban J connectivity index is 3.00. The summed E-state index contributed by atoms with van der Waals surface area (Å²) in [4.78, 5) is 66.3. The number of nitrogens with one attached hydrogen (secondary N) is 4. The van der Waals surface area contributed by atoms with Crippen LogP contribution in [0.4, 0.5) is 0 Å². The Bertz CT molecular complexity index is 818. The number of carbonyl (C=O) groups is 5. The van der Waals surface area contributed by atoms with E-state index in [1.165, 1.54) is 19.4 Å². The Hall–Kier alpha value is -3.17. The van der Waals surface area contributed by atoms with E-state index in [4.69, 9.17) is 16.6 Å². The molecule has 4 amide bonds. The van der Waals surface area contributed by atoms with E-state index >= 15 is 0 Å². The summed E-state index contributed by atoms with van der Waals surface area (Å²) in [7, 11) is 0. The lowest BCUT2D eigenvalue weighted by Crippen LogP contribution is -2.60. The average molecular weight is 474 g/mol. The first-order valence-corrected chi connectivity index (χ1v) is 10.0. The molecule has 0 spiro atoms. The molecule has 0 saturated carbocycles. The number of amides is 4. The molecule has 0 radical (unpaired) electrons. The Morgan fingerprint density at radius 2 is 1.75 bits per heavy atom. The minimum atomic E-state index is -1.66. The van der Waals surface area contributed by atoms with Crippen molar-refractivity contribution in [1.29, 1.82) is 0 Å². The van der Waals surface area contributed by atoms with Crippen LogP contribution in [0.3, 0.4) is 0 Å². The number of H-pyrrole nitrogens is 1. The molecule has 1 heterocycles. The van der Waals surface area contributed by atoms with Crippen LogP contribution in [0.15, 0.2) is 12.5 Å². The predicted molar refractivity (Wildman–Crippen MR) is 113 cm³/mol. The SMILES string of the molecule is CC(O)C(NC(=O)C(Cc1cnc[nH]1)NC(=O)C(N)CS)C(=O)NC(CC(N)=O)C(=O)O. The van der Waals surface area contributed by atoms with E-state index in [1.807, 2.05) is 5.32 Å². The van der Waals surface area contributed by atoms with Crippen molar-refractivity contribution in [2.75, 3.05) is 5.75 Å². The highest BCUT2D eigenvalue weighted by molar-refractivity contribution is 7.80. The number of hydrogen-bond acceptors (Lipinski definition) is 9. The van der Waals surface area contributed by atoms with Gasteiger partial charge in [0.1, 0.15) is 18.1 Å². The number of carbonyl (C=O) groups excluding carboxylic acids is 4. The maximum atomic E-state index is 12.8. The van der Waals surface area contributed by atoms with E-state index in [1.54, 1.807) is 0 Å². The van der Waals surface area contributed by atoms with Gasteiger partial charge in [0.25, 0.3) is 0 Å². The number of imidazole rings is 1. The molecule has 15 heteroatoms. The molecule has 0 saturated heterocycles. The number of carboxylic acid groups (broad SMARTS) is 1. The molecule has 0 aromatic carbocycles. The van der Waals surface area contributed by atoms with Gasteiger partial charge in [0, 0.05) is 24.1 Å². The second-order valence-electron chi connectivity index (χ2n) is 6.93. The third-order valence-corrected chi connectivity index (χ3v) is 4.62. The maximum Gasteiger partial charge on any atom is 0.326 e. The van der Waals surface area contributed by atoms with Crippen LogP contribution in [0, 0.1) is 0 Å². The van der Waals surface area contributed by atoms with Crippen LogP contribution >= 0.6 is 12.6 Å². The number of rotatable bonds is 13. The first kappa shape index (κ1) is 26.9. The summed E-state index contributed by atoms with van der Waals surface area (Å²) in [5.74, 6) is -5.09. The highest BCUT2D eigenvalue weighted by Crippen LogP contribution is 2.03. The number of aromatic nitrogens is 2. The molecule has 0 aliphatic rings. The zero-order chi connectivity index (χ0) is 24.4. The van der Waals surface area contributed by atoms with Crippen LogP contribution in [0.25, 0.3) is 0 Å². The van der Waals surface area contributed by atoms with Crippen LogP contribution in [0.5, 0.6) is 0 Å². The summed E-state index contributed by atoms with van der Waals surface area (Å²) in [6, 6.07) is -5.48. The molecule has 10 N–H and O–H groups in total. The molecule has 178 valence electrons. The van der Waals surface area contributed by atoms with Crippen LogP contribution in [0.1, 0.15) is 19.0 Å². The van der Waals surface area contributed by atoms with E-state index in [0.717, 1.165) is 0 Å². The first-order chi connectivity index (χ1) is 15.0. The van der Waals surface area contributed by atoms with E-state index in [2.05, 4.69) is 33.2 Å². The number of aliphatic hydroxyl groups excluding tert-OH is 1. The molecule has 0 aliphatic carbocycles. The number of primary amides is 1. The molecule has 1 aromatic heterocycles. The molecule has 32 heavy (non-hydrogen) atoms. The van der Waals surface area contributed by atoms with Gasteiger partial charge in [-0.05, 0) is 6.92 Å². The van der Waals surface area contributed by atoms with Crippen LogP contribution in [-0.2, 0) is 30.4 Å². The van der Waals surface area contributed by atoms with Gasteiger partial charge in [-0.25, -0.2) is 9.78 Å². The Morgan fingerprint density at radius 3 is 2.22 bits per heavy atom. The fourth-order valence-corrected chi connectivity index (χ4v) is 2.67. The number of thiol groups is 1. The van der Waals surface area contributed by atoms with E-state index < -0.39 is 66.3 Å². The molecule has 5 unspecified atom stereocenters. The monoisotopic (exact) mass is 473 g/mol. The van der Waals surface area contributed by atoms with Crippen molar-refractivity contribution in [3.63, 3.8) is 0 Å². The lowest BCUT2D eigenvalue weighted by Gasteiger charge is -2.26. The van der Waals surface area contributed by atoms with Crippen LogP contribution in [-0.4, -0.2) is 85.8 Å². The Morgan fingerprint density at radius 1 is 1.12 bits per heavy atom. The number of hydrogen-bond donors (Lipinski definition) is 9. The molecule has 14 nitrogen and oxygen atoms in total. The van der Waals surface area contributed by atoms with Gasteiger partial charge in [-0.15, -0.1) is 0 Å². The minimum Gasteiger partial charge on any atom is -0.480 e. The standard InChI is InChI=1S/C17H27N7O7S/c1-7(25)13(16(29)23-11(17(30)31)3-12(19)26)24-15(28)10(2-8-4-20-6-21-8)22-14(27)9(18)5-32/h4,6-7,9-11,13,25,32H,2-3,5,18H2,1H3,(H2,19,26)(H,20,21)(H,22,27)(H,23,29)(H,24,28)(H,30,31). The summed E-state index contributed by atoms with van der Waals surface area (Å²) in [6.07, 6.45) is 0.588. The zero-order valence-corrected chi connectivity index (χ0v) is 18.0. The number of aliphatic hydroxyl groups is 1. The number of nitrogens with zero attached hydrogens (tertiary/aromatic N) is 1. The Labute approximate surface area is 188 Å². The van der Waals surface area contributed by atoms with Gasteiger partial charge in [-0.1, -0.05) is 0 Å². The van der Waals surface area contributed by atoms with E-state index in [-0.39, 0.29) is 12.2 Å². The van der Waals surface area contributed by atoms with Crippen LogP contribution < -0.4 is 27.4 Å². The van der Waals surface area contributed by atoms with Gasteiger partial charge in [0.15, 0.2) is 0 Å². The molecular formula is C17H27N7O7S. The fraction of sp³-hybridized carbons (Fsp3) is 0.529. The van der Waals surface area contributed by atoms with Gasteiger partial charge >= 0.3 is 5.97 Å². The number of nitrogens with two attached hydrogens (primary N) is 2. The van der Waals surface area contributed by atoms with Gasteiger partial charge in [-0.2, -0.15) is 12.6 Å². The van der Waals surface area contributed by atoms with Crippen molar-refractivity contribution in [3.8, 4) is 0 Å². The highest BCUT2D eigenvalue weighted by Gasteiger charge is 2.33. The van der Waals surface area contributed by atoms with E-state index in [9.17, 15) is 29.1 Å². The van der Waals surface area contributed by atoms with Gasteiger partial charge < -0.3 is 42.6 Å². The molecule has 0 fully saturated rings. The van der Waals surface area contributed by atoms with Crippen LogP contribution in [0.2, 0.25) is 0 Å². The van der Waals surface area contributed by atoms with E-state index in [0.29, 0.717) is 5.69 Å². The smallest absolute Gasteiger partial charge is 0.326 e. The summed E-state index contributed by atoms with van der Waals surface area (Å²) >= 11 is 3.93. The van der Waals surface area contributed by atoms with Crippen molar-refractivity contribution in [3.05, 3.63) is 18.2 Å². The summed E-state index contributed by atoms with van der Waals surface area (Å²) in [6.45, 7) is 1.19. The van der Waals surface area contributed by atoms with Crippen molar-refractivity contribution in [1.82, 2.24) is 25.9 Å². The normalized spacial score (nSPS) is 15.5. The minimum absolute atomic E-state index is 0.0133. The molecule has 0 bridgehead atoms. The van der Waals surface area contributed by atoms with Gasteiger partial charge in [0.2, 0.25) is 23.6 Å². The second-order valence-corrected chi connectivity index (χ2v) is 7.29. The van der Waals surface area contributed by atoms with Gasteiger partial charge in [-0.3, -0.25) is 19.2 Å². The zero-order valence-electron chi connectivity index (χ0n) is 17.1. The summed E-state index contributed by atoms with van der Waals surface area (Å²) < 4.78 is 0. The topological polar surface area (TPSA) is 243 Å². The molecule has 1 aromatic rings. The summed E-state index contributed by atoms with van der Waals surface area (Å²) in [5.41, 5.74) is 11.1. The van der Waals surface area contributed by atoms with Crippen molar-refractivity contribution >= 4 is 42.2 Å². The number of aromatic amines is 1. The Kier molecular flexibility index (Phi) is 10.6. The number of aliphatic carboxylic acids is 1. The molecule has 1 rings (SSSR count). The fourth-order valence-electron chi connectivity index (χ4n) is 2.51. The highest BCUT2D eigenvalue weighted by atomic mass is 32.1. The third-order valence-electron chi connectivity index (χ3n) is 4.23. The maximum absolute atomic E-state index is 12.8. The molecular weight excluding hydrogens is 446 g/mol. The third kappa shape index (κ3) is 8.52. The summed E-state index contributed by atoms with van der Waals surface area (Å²) in [5, 5.41) is 25.8. The van der Waals surface area contributed by atoms with Crippen molar-refractivity contribution < 1.29 is 34.2 Å². The molecule has 0 aliphatic heterocycles. The predicted octanol–water partition coefficient (Wildman–Crippen LogP) is -4.00. The second kappa shape index (κ2) is 12.6. The largest absolute Gasteiger partial charge is 0.480 e. The van der Waals surface area contributed by atoms with Gasteiger partial charge in [0.05, 0.1) is 24.9 Å². The quantitative estimate of drug-likeness (QED) is 0.127.